The summed E-state index contributed by atoms with van der Waals surface area (Å²) in [5.74, 6) is 0. The zero-order chi connectivity index (χ0) is 10.7. The summed E-state index contributed by atoms with van der Waals surface area (Å²) in [7, 11) is 0. The molecular formula is C12H16ClNS. The van der Waals surface area contributed by atoms with Crippen LogP contribution in [-0.2, 0) is 0 Å². The monoisotopic (exact) mass is 241 g/mol. The minimum absolute atomic E-state index is 0.709. The molecule has 1 aromatic rings. The summed E-state index contributed by atoms with van der Waals surface area (Å²) in [5.41, 5.74) is 6.75. The molecule has 0 radical (unpaired) electrons. The maximum Gasteiger partial charge on any atom is 0.0562 e. The lowest BCUT2D eigenvalue weighted by Crippen LogP contribution is -2.08. The van der Waals surface area contributed by atoms with Crippen LogP contribution in [0.1, 0.15) is 32.1 Å². The number of nitrogen functional groups attached to an aromatic ring is 1. The predicted octanol–water partition coefficient (Wildman–Crippen LogP) is 4.35. The normalized spacial score (nSPS) is 17.9. The molecule has 0 amide bonds. The molecule has 1 nitrogen and oxygen atoms in total. The van der Waals surface area contributed by atoms with Crippen LogP contribution < -0.4 is 5.73 Å². The van der Waals surface area contributed by atoms with Gasteiger partial charge in [0.1, 0.15) is 0 Å². The highest BCUT2D eigenvalue weighted by Gasteiger charge is 2.17. The molecule has 0 saturated heterocycles. The molecule has 1 aromatic carbocycles. The second-order valence-corrected chi connectivity index (χ2v) is 5.75. The second-order valence-electron chi connectivity index (χ2n) is 4.04. The van der Waals surface area contributed by atoms with Gasteiger partial charge in [-0.3, -0.25) is 0 Å². The summed E-state index contributed by atoms with van der Waals surface area (Å²) >= 11 is 8.01. The first-order valence-electron chi connectivity index (χ1n) is 5.48. The Bertz CT molecular complexity index is 314. The number of hydrogen-bond donors (Lipinski definition) is 1. The van der Waals surface area contributed by atoms with E-state index in [2.05, 4.69) is 0 Å². The third kappa shape index (κ3) is 2.82. The highest BCUT2D eigenvalue weighted by atomic mass is 35.5. The quantitative estimate of drug-likeness (QED) is 0.780. The SMILES string of the molecule is Nc1cccc(Cl)c1SC1CCCCC1. The zero-order valence-corrected chi connectivity index (χ0v) is 10.3. The fraction of sp³-hybridized carbons (Fsp3) is 0.500. The van der Waals surface area contributed by atoms with E-state index in [4.69, 9.17) is 17.3 Å². The van der Waals surface area contributed by atoms with Gasteiger partial charge in [0.2, 0.25) is 0 Å². The topological polar surface area (TPSA) is 26.0 Å². The van der Waals surface area contributed by atoms with Gasteiger partial charge in [-0.2, -0.15) is 0 Å². The number of benzene rings is 1. The van der Waals surface area contributed by atoms with Crippen LogP contribution in [0.5, 0.6) is 0 Å². The van der Waals surface area contributed by atoms with Gasteiger partial charge in [-0.25, -0.2) is 0 Å². The van der Waals surface area contributed by atoms with Gasteiger partial charge in [0.25, 0.3) is 0 Å². The summed E-state index contributed by atoms with van der Waals surface area (Å²) in [6, 6.07) is 5.75. The van der Waals surface area contributed by atoms with Crippen molar-refractivity contribution in [1.29, 1.82) is 0 Å². The highest BCUT2D eigenvalue weighted by molar-refractivity contribution is 8.00. The average molecular weight is 242 g/mol. The summed E-state index contributed by atoms with van der Waals surface area (Å²) in [6.45, 7) is 0. The van der Waals surface area contributed by atoms with Gasteiger partial charge >= 0.3 is 0 Å². The third-order valence-electron chi connectivity index (χ3n) is 2.83. The van der Waals surface area contributed by atoms with Crippen LogP contribution in [0.25, 0.3) is 0 Å². The van der Waals surface area contributed by atoms with E-state index < -0.39 is 0 Å². The summed E-state index contributed by atoms with van der Waals surface area (Å²) < 4.78 is 0. The Balaban J connectivity index is 2.09. The van der Waals surface area contributed by atoms with Gasteiger partial charge < -0.3 is 5.73 Å². The van der Waals surface area contributed by atoms with Gasteiger partial charge in [-0.1, -0.05) is 36.9 Å². The van der Waals surface area contributed by atoms with Crippen LogP contribution >= 0.6 is 23.4 Å². The molecule has 3 heteroatoms. The Morgan fingerprint density at radius 3 is 2.60 bits per heavy atom. The molecule has 0 atom stereocenters. The Hall–Kier alpha value is -0.340. The molecule has 1 aliphatic carbocycles. The van der Waals surface area contributed by atoms with Crippen LogP contribution in [-0.4, -0.2) is 5.25 Å². The van der Waals surface area contributed by atoms with Crippen molar-refractivity contribution in [3.8, 4) is 0 Å². The maximum atomic E-state index is 6.15. The van der Waals surface area contributed by atoms with Crippen LogP contribution in [0, 0.1) is 0 Å². The van der Waals surface area contributed by atoms with Crippen LogP contribution in [0.3, 0.4) is 0 Å². The van der Waals surface area contributed by atoms with Crippen molar-refractivity contribution in [1.82, 2.24) is 0 Å². The van der Waals surface area contributed by atoms with Crippen LogP contribution in [0.2, 0.25) is 5.02 Å². The number of rotatable bonds is 2. The fourth-order valence-electron chi connectivity index (χ4n) is 2.00. The lowest BCUT2D eigenvalue weighted by Gasteiger charge is -2.22. The van der Waals surface area contributed by atoms with Gasteiger partial charge in [0.05, 0.1) is 5.02 Å². The van der Waals surface area contributed by atoms with Crippen molar-refractivity contribution in [2.75, 3.05) is 5.73 Å². The van der Waals surface area contributed by atoms with Crippen LogP contribution in [0.15, 0.2) is 23.1 Å². The Kier molecular flexibility index (Phi) is 3.81. The van der Waals surface area contributed by atoms with E-state index in [1.54, 1.807) is 0 Å². The minimum atomic E-state index is 0.709. The molecule has 0 unspecified atom stereocenters. The van der Waals surface area contributed by atoms with E-state index in [-0.39, 0.29) is 0 Å². The molecule has 1 saturated carbocycles. The lowest BCUT2D eigenvalue weighted by atomic mass is 10.0. The first-order chi connectivity index (χ1) is 7.27. The summed E-state index contributed by atoms with van der Waals surface area (Å²) in [4.78, 5) is 1.08. The van der Waals surface area contributed by atoms with Gasteiger partial charge in [-0.15, -0.1) is 11.8 Å². The molecule has 0 spiro atoms. The van der Waals surface area contributed by atoms with Crippen molar-refractivity contribution < 1.29 is 0 Å². The molecule has 0 heterocycles. The van der Waals surface area contributed by atoms with Crippen molar-refractivity contribution in [3.05, 3.63) is 23.2 Å². The first-order valence-corrected chi connectivity index (χ1v) is 6.74. The highest BCUT2D eigenvalue weighted by Crippen LogP contribution is 2.39. The standard InChI is InChI=1S/C12H16ClNS/c13-10-7-4-8-11(14)12(10)15-9-5-2-1-3-6-9/h4,7-9H,1-3,5-6,14H2. The van der Waals surface area contributed by atoms with E-state index in [9.17, 15) is 0 Å². The Labute approximate surface area is 100 Å². The third-order valence-corrected chi connectivity index (χ3v) is 4.76. The van der Waals surface area contributed by atoms with E-state index in [0.29, 0.717) is 5.25 Å². The Morgan fingerprint density at radius 2 is 1.93 bits per heavy atom. The Morgan fingerprint density at radius 1 is 1.20 bits per heavy atom. The first kappa shape index (κ1) is 11.2. The second kappa shape index (κ2) is 5.13. The van der Waals surface area contributed by atoms with Crippen molar-refractivity contribution in [3.63, 3.8) is 0 Å². The zero-order valence-electron chi connectivity index (χ0n) is 8.71. The van der Waals surface area contributed by atoms with E-state index in [1.165, 1.54) is 32.1 Å². The molecular weight excluding hydrogens is 226 g/mol. The number of thioether (sulfide) groups is 1. The number of anilines is 1. The molecule has 0 aromatic heterocycles. The van der Waals surface area contributed by atoms with Crippen LogP contribution in [0.4, 0.5) is 5.69 Å². The maximum absolute atomic E-state index is 6.15. The molecule has 15 heavy (non-hydrogen) atoms. The van der Waals surface area contributed by atoms with Crippen molar-refractivity contribution >= 4 is 29.1 Å². The lowest BCUT2D eigenvalue weighted by molar-refractivity contribution is 0.516. The number of hydrogen-bond acceptors (Lipinski definition) is 2. The smallest absolute Gasteiger partial charge is 0.0562 e. The minimum Gasteiger partial charge on any atom is -0.398 e. The van der Waals surface area contributed by atoms with E-state index >= 15 is 0 Å². The summed E-state index contributed by atoms with van der Waals surface area (Å²) in [6.07, 6.45) is 6.68. The molecule has 82 valence electrons. The van der Waals surface area contributed by atoms with E-state index in [1.807, 2.05) is 30.0 Å². The number of halogens is 1. The molecule has 0 aliphatic heterocycles. The molecule has 2 rings (SSSR count). The largest absolute Gasteiger partial charge is 0.398 e. The van der Waals surface area contributed by atoms with Gasteiger partial charge in [0, 0.05) is 15.8 Å². The summed E-state index contributed by atoms with van der Waals surface area (Å²) in [5, 5.41) is 1.51. The van der Waals surface area contributed by atoms with Gasteiger partial charge in [-0.05, 0) is 25.0 Å². The number of nitrogens with two attached hydrogens (primary N) is 1. The average Bonchev–Trinajstić information content (AvgIpc) is 2.25. The molecule has 1 aliphatic rings. The molecule has 0 bridgehead atoms. The fourth-order valence-corrected chi connectivity index (χ4v) is 3.60. The molecule has 2 N–H and O–H groups in total. The predicted molar refractivity (Wildman–Crippen MR) is 68.6 cm³/mol. The molecule has 1 fully saturated rings. The van der Waals surface area contributed by atoms with E-state index in [0.717, 1.165) is 15.6 Å². The van der Waals surface area contributed by atoms with Crippen molar-refractivity contribution in [2.24, 2.45) is 0 Å². The van der Waals surface area contributed by atoms with Gasteiger partial charge in [0.15, 0.2) is 0 Å². The van der Waals surface area contributed by atoms with Crippen molar-refractivity contribution in [2.45, 2.75) is 42.2 Å².